The van der Waals surface area contributed by atoms with E-state index in [-0.39, 0.29) is 53.3 Å². The van der Waals surface area contributed by atoms with Crippen molar-refractivity contribution in [1.29, 1.82) is 5.26 Å². The molecule has 0 saturated heterocycles. The Kier molecular flexibility index (Phi) is 26.5. The smallest absolute Gasteiger partial charge is 0.160 e. The van der Waals surface area contributed by atoms with E-state index in [2.05, 4.69) is 213 Å². The van der Waals surface area contributed by atoms with E-state index in [1.54, 1.807) is 44.6 Å². The molecule has 12 N–H and O–H groups in total. The van der Waals surface area contributed by atoms with Crippen molar-refractivity contribution in [3.05, 3.63) is 410 Å². The molecule has 6 heterocycles. The molecule has 0 spiro atoms. The first-order chi connectivity index (χ1) is 65.7. The predicted molar refractivity (Wildman–Crippen MR) is 538 cm³/mol. The van der Waals surface area contributed by atoms with Crippen molar-refractivity contribution >= 4 is 105 Å². The molecule has 0 aliphatic heterocycles. The third-order valence-electron chi connectivity index (χ3n) is 29.0. The standard InChI is InChI=1S/C19H16ClN3.C19H19ClN2O.C19H18F2N2O.C19H19FN2.C18H16BrFN2.C18H17FN2/c1-22-19-8-14(13-4-3-12(20)7-16(13)19)17-10-23-18-5-2-11(9-21)6-15(17)18;1-21-18-9-13(12-7-6-11(23-2)8-14(12)18)15-10-22-17-5-3-4-16(20)19(15)17;1-22-18-7-12(11-4-3-10(24-2)5-13(11)18)15-9-23-19-8-17(21)16(20)6-14(15)19;1-11-4-3-5-14-17(10-22-19(11)14)16-9-18(21-2)13-7-6-12(20)8-15(13)16;1-21-17-8-15(14-7-11(20)3-5-12(14)17)16-9-22-18-6-10(19)2-4-13(16)18;1-20-17-9-15(12-4-2-3-5-13(12)17)16-10-21-18-8-11(19)6-7-14(16)18/h2-7,10,14,19,22-23H,8H2,1H3;3-8,10,13,18,21-22H,9H2,1-2H3;3-6,8-9,12,18,22-23H,7H2,1-2H3;3-8,10,16,18,21-22H,9H2,1-2H3;2-7,9,15,17,21-22H,8H2,1H3;2-8,10,15,17,20-21H,9H2,1H3. The second-order valence-electron chi connectivity index (χ2n) is 35.9. The normalized spacial score (nSPS) is 20.2. The first kappa shape index (κ1) is 91.6. The predicted octanol–water partition coefficient (Wildman–Crippen LogP) is 26.7. The van der Waals surface area contributed by atoms with Crippen molar-refractivity contribution in [2.45, 2.75) is 117 Å². The van der Waals surface area contributed by atoms with Gasteiger partial charge in [-0.15, -0.1) is 0 Å². The van der Waals surface area contributed by atoms with Crippen LogP contribution in [0.5, 0.6) is 11.5 Å². The van der Waals surface area contributed by atoms with Crippen LogP contribution in [0.2, 0.25) is 10.0 Å². The van der Waals surface area contributed by atoms with Gasteiger partial charge in [0.25, 0.3) is 0 Å². The number of nitrogens with one attached hydrogen (secondary N) is 12. The first-order valence-electron chi connectivity index (χ1n) is 45.9. The van der Waals surface area contributed by atoms with Crippen LogP contribution in [0.3, 0.4) is 0 Å². The van der Waals surface area contributed by atoms with Gasteiger partial charge in [0.15, 0.2) is 11.6 Å². The van der Waals surface area contributed by atoms with E-state index in [1.165, 1.54) is 124 Å². The van der Waals surface area contributed by atoms with E-state index in [1.807, 2.05) is 127 Å². The van der Waals surface area contributed by atoms with Gasteiger partial charge >= 0.3 is 0 Å². The van der Waals surface area contributed by atoms with Gasteiger partial charge < -0.3 is 71.3 Å². The van der Waals surface area contributed by atoms with Crippen LogP contribution in [-0.4, -0.2) is 86.4 Å². The number of nitriles is 1. The highest BCUT2D eigenvalue weighted by molar-refractivity contribution is 9.10. The van der Waals surface area contributed by atoms with Crippen molar-refractivity contribution < 1.29 is 31.4 Å². The number of aryl methyl sites for hydroxylation is 1. The quantitative estimate of drug-likeness (QED) is 0.0467. The first-order valence-corrected chi connectivity index (χ1v) is 47.4. The third kappa shape index (κ3) is 17.5. The zero-order valence-corrected chi connectivity index (χ0v) is 79.3. The minimum atomic E-state index is -0.833. The van der Waals surface area contributed by atoms with Crippen molar-refractivity contribution in [3.63, 3.8) is 0 Å². The molecule has 6 aliphatic carbocycles. The summed E-state index contributed by atoms with van der Waals surface area (Å²) in [6.07, 6.45) is 18.1. The van der Waals surface area contributed by atoms with Gasteiger partial charge in [0.1, 0.15) is 29.0 Å². The molecule has 12 unspecified atom stereocenters. The SMILES string of the molecule is CNC1CC(c2c[nH]c3c(C)cccc23)c2cc(F)ccc21.CNC1CC(c2c[nH]c3cc(Br)ccc23)c2cc(F)ccc21.CNC1CC(c2c[nH]c3cc(F)c(F)cc23)c2ccc(OC)cc21.CNC1CC(c2c[nH]c3cc(F)ccc23)c2ccccc21.CNC1CC(c2c[nH]c3ccc(C#N)cc23)c2ccc(Cl)cc21.CNC1CC(c2c[nH]c3cccc(Cl)c23)c2ccc(OC)cc21. The van der Waals surface area contributed by atoms with Gasteiger partial charge in [0, 0.05) is 190 Å². The van der Waals surface area contributed by atoms with E-state index in [0.717, 1.165) is 125 Å². The molecule has 18 aromatic rings. The van der Waals surface area contributed by atoms with Crippen LogP contribution in [0.4, 0.5) is 22.0 Å². The van der Waals surface area contributed by atoms with E-state index >= 15 is 0 Å². The number of ether oxygens (including phenoxy) is 2. The van der Waals surface area contributed by atoms with Gasteiger partial charge in [0.05, 0.1) is 30.9 Å². The lowest BCUT2D eigenvalue weighted by atomic mass is 9.92. The molecule has 23 heteroatoms. The Hall–Kier alpha value is -12.6. The van der Waals surface area contributed by atoms with Crippen molar-refractivity contribution in [1.82, 2.24) is 61.8 Å². The summed E-state index contributed by atoms with van der Waals surface area (Å²) in [4.78, 5) is 19.7. The molecule has 12 atom stereocenters. The van der Waals surface area contributed by atoms with Gasteiger partial charge in [-0.05, 0) is 321 Å². The molecule has 0 saturated carbocycles. The number of para-hydroxylation sites is 1. The summed E-state index contributed by atoms with van der Waals surface area (Å²) in [7, 11) is 15.2. The molecular weight excluding hydrogens is 1810 g/mol. The zero-order valence-electron chi connectivity index (χ0n) is 76.2. The van der Waals surface area contributed by atoms with Crippen LogP contribution in [0, 0.1) is 47.3 Å². The van der Waals surface area contributed by atoms with Gasteiger partial charge in [-0.3, -0.25) is 0 Å². The fraction of sp³-hybridized carbons (Fsp3) is 0.241. The number of fused-ring (bicyclic) bond motifs is 12. The molecule has 24 rings (SSSR count). The Morgan fingerprint density at radius 1 is 0.326 bits per heavy atom. The van der Waals surface area contributed by atoms with Crippen molar-refractivity contribution in [3.8, 4) is 17.6 Å². The summed E-state index contributed by atoms with van der Waals surface area (Å²) < 4.78 is 79.8. The molecule has 135 heavy (non-hydrogen) atoms. The van der Waals surface area contributed by atoms with Crippen LogP contribution in [-0.2, 0) is 0 Å². The third-order valence-corrected chi connectivity index (χ3v) is 30.0. The monoisotopic (exact) mass is 1910 g/mol. The highest BCUT2D eigenvalue weighted by Gasteiger charge is 2.40. The lowest BCUT2D eigenvalue weighted by Gasteiger charge is -2.12. The van der Waals surface area contributed by atoms with Crippen LogP contribution >= 0.6 is 39.1 Å². The van der Waals surface area contributed by atoms with Gasteiger partial charge in [-0.1, -0.05) is 124 Å². The van der Waals surface area contributed by atoms with Crippen LogP contribution < -0.4 is 41.4 Å². The molecule has 12 aromatic carbocycles. The second-order valence-corrected chi connectivity index (χ2v) is 37.7. The summed E-state index contributed by atoms with van der Waals surface area (Å²) in [5.74, 6) is 1.14. The maximum Gasteiger partial charge on any atom is 0.160 e. The minimum Gasteiger partial charge on any atom is -0.497 e. The van der Waals surface area contributed by atoms with Gasteiger partial charge in [-0.2, -0.15) is 5.26 Å². The lowest BCUT2D eigenvalue weighted by molar-refractivity contribution is 0.413. The molecule has 6 aliphatic rings. The highest BCUT2D eigenvalue weighted by Crippen LogP contribution is 2.54. The summed E-state index contributed by atoms with van der Waals surface area (Å²) in [6.45, 7) is 2.11. The van der Waals surface area contributed by atoms with E-state index < -0.39 is 11.6 Å². The number of benzene rings is 12. The number of aromatic amines is 6. The maximum absolute atomic E-state index is 13.8. The number of nitrogens with zero attached hydrogens (tertiary/aromatic N) is 1. The number of H-pyrrole nitrogens is 6. The fourth-order valence-electron chi connectivity index (χ4n) is 22.4. The van der Waals surface area contributed by atoms with E-state index in [9.17, 15) is 27.2 Å². The minimum absolute atomic E-state index is 0.127. The Balaban J connectivity index is 0.000000104. The Morgan fingerprint density at radius 2 is 0.726 bits per heavy atom. The Labute approximate surface area is 799 Å². The summed E-state index contributed by atoms with van der Waals surface area (Å²) in [5.41, 5.74) is 30.2. The van der Waals surface area contributed by atoms with Gasteiger partial charge in [0.2, 0.25) is 0 Å². The average Bonchev–Trinajstić information content (AvgIpc) is 1.63. The van der Waals surface area contributed by atoms with Crippen molar-refractivity contribution in [2.24, 2.45) is 0 Å². The largest absolute Gasteiger partial charge is 0.497 e. The van der Waals surface area contributed by atoms with Crippen LogP contribution in [0.15, 0.2) is 260 Å². The molecule has 0 radical (unpaired) electrons. The Bertz CT molecular complexity index is 7510. The van der Waals surface area contributed by atoms with Crippen molar-refractivity contribution in [2.75, 3.05) is 56.5 Å². The second kappa shape index (κ2) is 39.0. The molecular formula is C112H105BrCl2F5N13O2. The Morgan fingerprint density at radius 3 is 1.27 bits per heavy atom. The highest BCUT2D eigenvalue weighted by atomic mass is 79.9. The zero-order chi connectivity index (χ0) is 93.7. The number of methoxy groups -OCH3 is 2. The number of aromatic nitrogens is 6. The molecule has 6 aromatic heterocycles. The number of rotatable bonds is 14. The average molecular weight is 1910 g/mol. The molecule has 0 bridgehead atoms. The molecule has 0 fully saturated rings. The number of hydrogen-bond donors (Lipinski definition) is 12. The molecule has 15 nitrogen and oxygen atoms in total. The fourth-order valence-corrected chi connectivity index (χ4v) is 23.2. The summed E-state index contributed by atoms with van der Waals surface area (Å²) in [5, 5.41) is 37.6. The van der Waals surface area contributed by atoms with E-state index in [0.29, 0.717) is 47.0 Å². The summed E-state index contributed by atoms with van der Waals surface area (Å²) >= 11 is 16.2. The maximum atomic E-state index is 13.8. The topological polar surface area (TPSA) is 209 Å². The van der Waals surface area contributed by atoms with Crippen LogP contribution in [0.1, 0.15) is 222 Å². The van der Waals surface area contributed by atoms with E-state index in [4.69, 9.17) is 32.7 Å². The number of halogens is 8. The van der Waals surface area contributed by atoms with Gasteiger partial charge in [-0.25, -0.2) is 22.0 Å². The molecule has 0 amide bonds. The summed E-state index contributed by atoms with van der Waals surface area (Å²) in [6, 6.07) is 73.4. The molecule has 686 valence electrons. The number of hydrogen-bond acceptors (Lipinski definition) is 9. The van der Waals surface area contributed by atoms with Crippen LogP contribution in [0.25, 0.3) is 65.4 Å². The lowest BCUT2D eigenvalue weighted by Crippen LogP contribution is -2.13.